The van der Waals surface area contributed by atoms with Crippen molar-refractivity contribution in [2.24, 2.45) is 10.7 Å². The molecule has 0 aromatic heterocycles. The van der Waals surface area contributed by atoms with Crippen LogP contribution in [0.15, 0.2) is 35.3 Å². The molecule has 1 amide bonds. The average Bonchev–Trinajstić information content (AvgIpc) is 2.38. The molecular weight excluding hydrogens is 216 g/mol. The highest BCUT2D eigenvalue weighted by atomic mass is 16.5. The molecule has 0 saturated heterocycles. The van der Waals surface area contributed by atoms with Crippen molar-refractivity contribution in [3.63, 3.8) is 0 Å². The first-order valence-corrected chi connectivity index (χ1v) is 5.27. The van der Waals surface area contributed by atoms with E-state index in [1.807, 2.05) is 18.2 Å². The molecule has 0 radical (unpaired) electrons. The lowest BCUT2D eigenvalue weighted by atomic mass is 10.0. The molecule has 0 atom stereocenters. The van der Waals surface area contributed by atoms with Crippen LogP contribution in [0.5, 0.6) is 5.75 Å². The summed E-state index contributed by atoms with van der Waals surface area (Å²) in [4.78, 5) is 15.4. The quantitative estimate of drug-likeness (QED) is 0.808. The van der Waals surface area contributed by atoms with Gasteiger partial charge in [-0.15, -0.1) is 0 Å². The van der Waals surface area contributed by atoms with Crippen molar-refractivity contribution < 1.29 is 9.53 Å². The van der Waals surface area contributed by atoms with Crippen molar-refractivity contribution in [3.8, 4) is 5.75 Å². The van der Waals surface area contributed by atoms with Gasteiger partial charge in [0.25, 0.3) is 0 Å². The second-order valence-corrected chi connectivity index (χ2v) is 3.84. The van der Waals surface area contributed by atoms with E-state index in [1.165, 1.54) is 0 Å². The monoisotopic (exact) mass is 226 g/mol. The van der Waals surface area contributed by atoms with Crippen LogP contribution in [-0.2, 0) is 0 Å². The number of fused-ring (bicyclic) bond motifs is 3. The molecule has 2 N–H and O–H groups in total. The summed E-state index contributed by atoms with van der Waals surface area (Å²) in [5, 5.41) is 1.88. The Morgan fingerprint density at radius 3 is 2.94 bits per heavy atom. The SMILES string of the molecule is NC(=O)c1ccc2ccc3c(c2c1)OCC=N3. The van der Waals surface area contributed by atoms with Crippen LogP contribution < -0.4 is 10.5 Å². The van der Waals surface area contributed by atoms with Crippen molar-refractivity contribution in [1.82, 2.24) is 0 Å². The summed E-state index contributed by atoms with van der Waals surface area (Å²) in [5.41, 5.74) is 6.53. The molecule has 0 spiro atoms. The van der Waals surface area contributed by atoms with Crippen LogP contribution in [0.1, 0.15) is 10.4 Å². The summed E-state index contributed by atoms with van der Waals surface area (Å²) in [7, 11) is 0. The van der Waals surface area contributed by atoms with Gasteiger partial charge in [-0.1, -0.05) is 12.1 Å². The van der Waals surface area contributed by atoms with Crippen LogP contribution in [0.4, 0.5) is 5.69 Å². The first-order chi connectivity index (χ1) is 8.25. The van der Waals surface area contributed by atoms with E-state index in [0.717, 1.165) is 16.5 Å². The summed E-state index contributed by atoms with van der Waals surface area (Å²) in [5.74, 6) is 0.275. The zero-order valence-electron chi connectivity index (χ0n) is 9.01. The largest absolute Gasteiger partial charge is 0.485 e. The number of hydrogen-bond acceptors (Lipinski definition) is 3. The van der Waals surface area contributed by atoms with Crippen LogP contribution in [-0.4, -0.2) is 18.7 Å². The summed E-state index contributed by atoms with van der Waals surface area (Å²) in [6.07, 6.45) is 1.71. The third kappa shape index (κ3) is 1.54. The number of nitrogens with zero attached hydrogens (tertiary/aromatic N) is 1. The number of rotatable bonds is 1. The van der Waals surface area contributed by atoms with Gasteiger partial charge in [0.1, 0.15) is 12.3 Å². The van der Waals surface area contributed by atoms with E-state index in [1.54, 1.807) is 18.3 Å². The molecule has 17 heavy (non-hydrogen) atoms. The van der Waals surface area contributed by atoms with E-state index in [9.17, 15) is 4.79 Å². The Bertz CT molecular complexity index is 647. The predicted octanol–water partition coefficient (Wildman–Crippen LogP) is 2.03. The molecule has 84 valence electrons. The van der Waals surface area contributed by atoms with E-state index >= 15 is 0 Å². The minimum Gasteiger partial charge on any atom is -0.485 e. The minimum atomic E-state index is -0.441. The topological polar surface area (TPSA) is 64.7 Å². The molecule has 0 aliphatic carbocycles. The molecule has 0 unspecified atom stereocenters. The second kappa shape index (κ2) is 3.59. The van der Waals surface area contributed by atoms with Gasteiger partial charge in [0, 0.05) is 17.2 Å². The number of primary amides is 1. The van der Waals surface area contributed by atoms with Crippen LogP contribution in [0.25, 0.3) is 10.8 Å². The Morgan fingerprint density at radius 2 is 2.12 bits per heavy atom. The van der Waals surface area contributed by atoms with Crippen LogP contribution >= 0.6 is 0 Å². The number of aliphatic imine (C=N–C) groups is 1. The fraction of sp³-hybridized carbons (Fsp3) is 0.0769. The lowest BCUT2D eigenvalue weighted by molar-refractivity contribution is 0.100. The highest BCUT2D eigenvalue weighted by molar-refractivity contribution is 6.01. The Hall–Kier alpha value is -2.36. The third-order valence-corrected chi connectivity index (χ3v) is 2.77. The molecular formula is C13H10N2O2. The van der Waals surface area contributed by atoms with E-state index in [2.05, 4.69) is 4.99 Å². The summed E-state index contributed by atoms with van der Waals surface area (Å²) in [6.45, 7) is 0.451. The maximum Gasteiger partial charge on any atom is 0.248 e. The molecule has 4 nitrogen and oxygen atoms in total. The summed E-state index contributed by atoms with van der Waals surface area (Å²) < 4.78 is 5.57. The number of carbonyl (C=O) groups excluding carboxylic acids is 1. The molecule has 1 aliphatic rings. The maximum absolute atomic E-state index is 11.2. The molecule has 1 heterocycles. The zero-order valence-corrected chi connectivity index (χ0v) is 9.01. The molecule has 3 rings (SSSR count). The Kier molecular flexibility index (Phi) is 2.08. The van der Waals surface area contributed by atoms with E-state index in [-0.39, 0.29) is 0 Å². The standard InChI is InChI=1S/C13H10N2O2/c14-13(16)9-2-1-8-3-4-11-12(10(8)7-9)17-6-5-15-11/h1-5,7H,6H2,(H2,14,16). The van der Waals surface area contributed by atoms with E-state index in [0.29, 0.717) is 17.9 Å². The number of amides is 1. The predicted molar refractivity (Wildman–Crippen MR) is 66.1 cm³/mol. The normalized spacial score (nSPS) is 13.2. The first kappa shape index (κ1) is 9.84. The van der Waals surface area contributed by atoms with Crippen LogP contribution in [0.3, 0.4) is 0 Å². The van der Waals surface area contributed by atoms with Crippen molar-refractivity contribution in [2.45, 2.75) is 0 Å². The van der Waals surface area contributed by atoms with Gasteiger partial charge in [-0.25, -0.2) is 0 Å². The Labute approximate surface area is 97.7 Å². The number of benzene rings is 2. The van der Waals surface area contributed by atoms with Crippen LogP contribution in [0.2, 0.25) is 0 Å². The third-order valence-electron chi connectivity index (χ3n) is 2.77. The smallest absolute Gasteiger partial charge is 0.248 e. The zero-order chi connectivity index (χ0) is 11.8. The fourth-order valence-electron chi connectivity index (χ4n) is 1.94. The molecule has 2 aromatic carbocycles. The highest BCUT2D eigenvalue weighted by Crippen LogP contribution is 2.37. The maximum atomic E-state index is 11.2. The van der Waals surface area contributed by atoms with Gasteiger partial charge < -0.3 is 10.5 Å². The fourth-order valence-corrected chi connectivity index (χ4v) is 1.94. The second-order valence-electron chi connectivity index (χ2n) is 3.84. The molecule has 0 fully saturated rings. The van der Waals surface area contributed by atoms with Gasteiger partial charge in [0.15, 0.2) is 5.75 Å². The highest BCUT2D eigenvalue weighted by Gasteiger charge is 2.12. The van der Waals surface area contributed by atoms with E-state index in [4.69, 9.17) is 10.5 Å². The molecule has 2 aromatic rings. The average molecular weight is 226 g/mol. The minimum absolute atomic E-state index is 0.441. The van der Waals surface area contributed by atoms with Gasteiger partial charge in [0.05, 0.1) is 0 Å². The van der Waals surface area contributed by atoms with Gasteiger partial charge in [-0.2, -0.15) is 0 Å². The van der Waals surface area contributed by atoms with Gasteiger partial charge >= 0.3 is 0 Å². The first-order valence-electron chi connectivity index (χ1n) is 5.27. The summed E-state index contributed by atoms with van der Waals surface area (Å²) in [6, 6.07) is 9.17. The van der Waals surface area contributed by atoms with E-state index < -0.39 is 5.91 Å². The molecule has 0 saturated carbocycles. The molecule has 1 aliphatic heterocycles. The Morgan fingerprint density at radius 1 is 1.29 bits per heavy atom. The van der Waals surface area contributed by atoms with Gasteiger partial charge in [-0.3, -0.25) is 9.79 Å². The van der Waals surface area contributed by atoms with Crippen molar-refractivity contribution in [3.05, 3.63) is 35.9 Å². The number of hydrogen-bond donors (Lipinski definition) is 1. The van der Waals surface area contributed by atoms with Crippen molar-refractivity contribution in [2.75, 3.05) is 6.61 Å². The van der Waals surface area contributed by atoms with Gasteiger partial charge in [-0.05, 0) is 23.6 Å². The van der Waals surface area contributed by atoms with Crippen LogP contribution in [0, 0.1) is 0 Å². The lowest BCUT2D eigenvalue weighted by Gasteiger charge is -2.14. The van der Waals surface area contributed by atoms with Gasteiger partial charge in [0.2, 0.25) is 5.91 Å². The Balaban J connectivity index is 2.32. The molecule has 4 heteroatoms. The number of ether oxygens (including phenoxy) is 1. The van der Waals surface area contributed by atoms with Crippen molar-refractivity contribution >= 4 is 28.6 Å². The number of nitrogens with two attached hydrogens (primary N) is 1. The molecule has 0 bridgehead atoms. The summed E-state index contributed by atoms with van der Waals surface area (Å²) >= 11 is 0. The number of carbonyl (C=O) groups is 1. The lowest BCUT2D eigenvalue weighted by Crippen LogP contribution is -2.10. The van der Waals surface area contributed by atoms with Crippen molar-refractivity contribution in [1.29, 1.82) is 0 Å².